The molecule has 0 fully saturated rings. The number of hydrogen-bond acceptors (Lipinski definition) is 5. The molecule has 0 aliphatic carbocycles. The summed E-state index contributed by atoms with van der Waals surface area (Å²) in [6.07, 6.45) is -5.85. The lowest BCUT2D eigenvalue weighted by Crippen LogP contribution is -2.30. The summed E-state index contributed by atoms with van der Waals surface area (Å²) in [5, 5.41) is 7.10. The number of hydrogen-bond donors (Lipinski definition) is 2. The van der Waals surface area contributed by atoms with Gasteiger partial charge >= 0.3 is 12.1 Å². The minimum Gasteiger partial charge on any atom is -0.449 e. The zero-order valence-electron chi connectivity index (χ0n) is 14.7. The van der Waals surface area contributed by atoms with E-state index in [0.717, 1.165) is 36.4 Å². The number of sulfonamides is 1. The molecular formula is C17H14ClF3N2O5S. The van der Waals surface area contributed by atoms with E-state index in [1.54, 1.807) is 0 Å². The first-order valence-corrected chi connectivity index (χ1v) is 9.73. The third kappa shape index (κ3) is 5.92. The molecule has 0 saturated heterocycles. The maximum atomic E-state index is 12.5. The van der Waals surface area contributed by atoms with Crippen LogP contribution in [0.2, 0.25) is 5.02 Å². The van der Waals surface area contributed by atoms with Crippen molar-refractivity contribution in [2.45, 2.75) is 24.1 Å². The van der Waals surface area contributed by atoms with Crippen molar-refractivity contribution in [2.75, 3.05) is 5.32 Å². The Morgan fingerprint density at radius 3 is 2.24 bits per heavy atom. The van der Waals surface area contributed by atoms with Gasteiger partial charge in [-0.1, -0.05) is 11.6 Å². The molecule has 1 unspecified atom stereocenters. The average molecular weight is 451 g/mol. The Bertz CT molecular complexity index is 1040. The summed E-state index contributed by atoms with van der Waals surface area (Å²) in [6.45, 7) is 1.23. The van der Waals surface area contributed by atoms with Gasteiger partial charge in [0.15, 0.2) is 6.10 Å². The van der Waals surface area contributed by atoms with Gasteiger partial charge in [0.25, 0.3) is 5.91 Å². The highest BCUT2D eigenvalue weighted by molar-refractivity contribution is 7.89. The topological polar surface area (TPSA) is 116 Å². The summed E-state index contributed by atoms with van der Waals surface area (Å²) >= 11 is 5.73. The molecule has 0 spiro atoms. The molecule has 0 heterocycles. The number of carbonyl (C=O) groups excluding carboxylic acids is 2. The minimum absolute atomic E-state index is 0.0638. The van der Waals surface area contributed by atoms with E-state index in [1.807, 2.05) is 0 Å². The number of nitrogens with one attached hydrogen (secondary N) is 1. The molecule has 0 aromatic heterocycles. The highest BCUT2D eigenvalue weighted by Crippen LogP contribution is 2.29. The van der Waals surface area contributed by atoms with Crippen LogP contribution in [0.5, 0.6) is 0 Å². The number of primary sulfonamides is 1. The quantitative estimate of drug-likeness (QED) is 0.679. The van der Waals surface area contributed by atoms with Gasteiger partial charge in [-0.15, -0.1) is 0 Å². The van der Waals surface area contributed by atoms with Crippen LogP contribution in [0.1, 0.15) is 22.8 Å². The van der Waals surface area contributed by atoms with Gasteiger partial charge in [0.05, 0.1) is 16.1 Å². The number of nitrogens with two attached hydrogens (primary N) is 1. The SMILES string of the molecule is CC(OC(=O)c1ccc(Cl)c(S(N)(=O)=O)c1)C(=O)Nc1ccc(C(F)(F)F)cc1. The van der Waals surface area contributed by atoms with Crippen LogP contribution in [0.3, 0.4) is 0 Å². The molecule has 1 atom stereocenters. The summed E-state index contributed by atoms with van der Waals surface area (Å²) < 4.78 is 65.5. The van der Waals surface area contributed by atoms with E-state index >= 15 is 0 Å². The van der Waals surface area contributed by atoms with E-state index in [-0.39, 0.29) is 16.3 Å². The Balaban J connectivity index is 2.07. The Labute approximate surface area is 168 Å². The first-order valence-electron chi connectivity index (χ1n) is 7.80. The number of amides is 1. The molecular weight excluding hydrogens is 437 g/mol. The van der Waals surface area contributed by atoms with Crippen LogP contribution in [-0.2, 0) is 25.7 Å². The van der Waals surface area contributed by atoms with Crippen LogP contribution < -0.4 is 10.5 Å². The first-order chi connectivity index (χ1) is 13.3. The van der Waals surface area contributed by atoms with E-state index in [0.29, 0.717) is 0 Å². The maximum Gasteiger partial charge on any atom is 0.416 e. The van der Waals surface area contributed by atoms with Crippen LogP contribution >= 0.6 is 11.6 Å². The maximum absolute atomic E-state index is 12.5. The van der Waals surface area contributed by atoms with Gasteiger partial charge in [-0.25, -0.2) is 18.4 Å². The number of benzene rings is 2. The standard InChI is InChI=1S/C17H14ClF3N2O5S/c1-9(15(24)23-12-5-3-11(4-6-12)17(19,20)21)28-16(25)10-2-7-13(18)14(8-10)29(22,26)27/h2-9H,1H3,(H,23,24)(H2,22,26,27). The molecule has 2 rings (SSSR count). The Morgan fingerprint density at radius 1 is 1.14 bits per heavy atom. The van der Waals surface area contributed by atoms with E-state index in [2.05, 4.69) is 5.32 Å². The Kier molecular flexibility index (Phi) is 6.56. The molecule has 2 aromatic rings. The summed E-state index contributed by atoms with van der Waals surface area (Å²) in [4.78, 5) is 23.8. The van der Waals surface area contributed by atoms with E-state index in [4.69, 9.17) is 21.5 Å². The fourth-order valence-corrected chi connectivity index (χ4v) is 3.19. The van der Waals surface area contributed by atoms with Crippen LogP contribution in [0, 0.1) is 0 Å². The summed E-state index contributed by atoms with van der Waals surface area (Å²) in [5.41, 5.74) is -1.04. The van der Waals surface area contributed by atoms with Crippen LogP contribution in [0.25, 0.3) is 0 Å². The van der Waals surface area contributed by atoms with Crippen molar-refractivity contribution < 1.29 is 35.9 Å². The molecule has 0 aliphatic heterocycles. The fourth-order valence-electron chi connectivity index (χ4n) is 2.12. The summed E-state index contributed by atoms with van der Waals surface area (Å²) in [6, 6.07) is 6.88. The molecule has 1 amide bonds. The molecule has 7 nitrogen and oxygen atoms in total. The number of rotatable bonds is 5. The van der Waals surface area contributed by atoms with Gasteiger partial charge < -0.3 is 10.1 Å². The Hall–Kier alpha value is -2.63. The largest absolute Gasteiger partial charge is 0.449 e. The number of ether oxygens (including phenoxy) is 1. The predicted molar refractivity (Wildman–Crippen MR) is 97.8 cm³/mol. The fraction of sp³-hybridized carbons (Fsp3) is 0.176. The van der Waals surface area contributed by atoms with Crippen molar-refractivity contribution in [3.05, 3.63) is 58.6 Å². The second-order valence-electron chi connectivity index (χ2n) is 5.80. The van der Waals surface area contributed by atoms with Gasteiger partial charge in [0.2, 0.25) is 10.0 Å². The van der Waals surface area contributed by atoms with Crippen molar-refractivity contribution in [3.8, 4) is 0 Å². The summed E-state index contributed by atoms with van der Waals surface area (Å²) in [5.74, 6) is -1.83. The van der Waals surface area contributed by atoms with Gasteiger partial charge in [-0.2, -0.15) is 13.2 Å². The first kappa shape index (κ1) is 22.7. The van der Waals surface area contributed by atoms with Crippen molar-refractivity contribution in [1.29, 1.82) is 0 Å². The zero-order chi connectivity index (χ0) is 22.0. The second-order valence-corrected chi connectivity index (χ2v) is 7.74. The lowest BCUT2D eigenvalue weighted by Gasteiger charge is -2.14. The number of halogens is 4. The normalized spacial score (nSPS) is 12.9. The predicted octanol–water partition coefficient (Wildman–Crippen LogP) is 3.19. The van der Waals surface area contributed by atoms with Crippen molar-refractivity contribution in [1.82, 2.24) is 0 Å². The highest BCUT2D eigenvalue weighted by Gasteiger charge is 2.30. The smallest absolute Gasteiger partial charge is 0.416 e. The number of carbonyl (C=O) groups is 2. The molecule has 29 heavy (non-hydrogen) atoms. The van der Waals surface area contributed by atoms with E-state index in [1.165, 1.54) is 13.0 Å². The van der Waals surface area contributed by atoms with Crippen molar-refractivity contribution in [3.63, 3.8) is 0 Å². The third-order valence-corrected chi connectivity index (χ3v) is 5.00. The van der Waals surface area contributed by atoms with Crippen molar-refractivity contribution in [2.24, 2.45) is 5.14 Å². The van der Waals surface area contributed by atoms with Crippen molar-refractivity contribution >= 4 is 39.2 Å². The molecule has 156 valence electrons. The van der Waals surface area contributed by atoms with Gasteiger partial charge in [-0.3, -0.25) is 4.79 Å². The molecule has 0 aliphatic rings. The number of esters is 1. The third-order valence-electron chi connectivity index (χ3n) is 3.61. The number of alkyl halides is 3. The minimum atomic E-state index is -4.51. The Morgan fingerprint density at radius 2 is 1.72 bits per heavy atom. The highest BCUT2D eigenvalue weighted by atomic mass is 35.5. The van der Waals surface area contributed by atoms with Crippen LogP contribution in [0.4, 0.5) is 18.9 Å². The van der Waals surface area contributed by atoms with Gasteiger partial charge in [0, 0.05) is 5.69 Å². The summed E-state index contributed by atoms with van der Waals surface area (Å²) in [7, 11) is -4.19. The number of anilines is 1. The van der Waals surface area contributed by atoms with Crippen LogP contribution in [-0.4, -0.2) is 26.4 Å². The second kappa shape index (κ2) is 8.39. The lowest BCUT2D eigenvalue weighted by molar-refractivity contribution is -0.137. The lowest BCUT2D eigenvalue weighted by atomic mass is 10.2. The zero-order valence-corrected chi connectivity index (χ0v) is 16.2. The average Bonchev–Trinajstić information content (AvgIpc) is 2.60. The monoisotopic (exact) mass is 450 g/mol. The molecule has 0 saturated carbocycles. The van der Waals surface area contributed by atoms with Gasteiger partial charge in [-0.05, 0) is 49.4 Å². The molecule has 12 heteroatoms. The molecule has 3 N–H and O–H groups in total. The van der Waals surface area contributed by atoms with E-state index in [9.17, 15) is 31.2 Å². The van der Waals surface area contributed by atoms with Gasteiger partial charge in [0.1, 0.15) is 4.90 Å². The van der Waals surface area contributed by atoms with Crippen LogP contribution in [0.15, 0.2) is 47.4 Å². The molecule has 0 bridgehead atoms. The molecule has 0 radical (unpaired) electrons. The molecule has 2 aromatic carbocycles. The van der Waals surface area contributed by atoms with E-state index < -0.39 is 44.6 Å².